The van der Waals surface area contributed by atoms with E-state index in [-0.39, 0.29) is 0 Å². The number of para-hydroxylation sites is 6. The average Bonchev–Trinajstić information content (AvgIpc) is 1.55. The lowest BCUT2D eigenvalue weighted by Crippen LogP contribution is -1.95. The largest absolute Gasteiger partial charge is 0.309 e. The molecule has 0 amide bonds. The van der Waals surface area contributed by atoms with Crippen molar-refractivity contribution < 1.29 is 0 Å². The highest BCUT2D eigenvalue weighted by Gasteiger charge is 2.26. The third-order valence-corrected chi connectivity index (χ3v) is 28.6. The van der Waals surface area contributed by atoms with E-state index >= 15 is 0 Å². The molecule has 0 aliphatic carbocycles. The molecule has 0 aliphatic heterocycles. The first-order valence-corrected chi connectivity index (χ1v) is 43.6. The molecule has 0 atom stereocenters. The quantitative estimate of drug-likeness (QED) is 0.159. The Bertz CT molecular complexity index is 8930. The van der Waals surface area contributed by atoms with Crippen LogP contribution in [0.1, 0.15) is 16.7 Å². The van der Waals surface area contributed by atoms with E-state index in [1.807, 2.05) is 34.0 Å². The number of benzene rings is 18. The van der Waals surface area contributed by atoms with E-state index in [1.54, 1.807) is 0 Å². The van der Waals surface area contributed by atoms with Gasteiger partial charge in [-0.15, -0.1) is 34.0 Å². The van der Waals surface area contributed by atoms with Gasteiger partial charge in [-0.25, -0.2) is 0 Å². The predicted octanol–water partition coefficient (Wildman–Crippen LogP) is 31.7. The predicted molar refractivity (Wildman–Crippen MR) is 518 cm³/mol. The van der Waals surface area contributed by atoms with Gasteiger partial charge in [0.1, 0.15) is 0 Å². The van der Waals surface area contributed by atoms with Crippen molar-refractivity contribution in [2.45, 2.75) is 20.8 Å². The Kier molecular flexibility index (Phi) is 15.3. The second-order valence-corrected chi connectivity index (χ2v) is 35.2. The molecular weight excluding hydrogens is 1510 g/mol. The molecule has 564 valence electrons. The third-order valence-electron chi connectivity index (χ3n) is 25.2. The fourth-order valence-electron chi connectivity index (χ4n) is 19.9. The van der Waals surface area contributed by atoms with Crippen molar-refractivity contribution in [3.05, 3.63) is 399 Å². The molecule has 27 rings (SSSR count). The minimum Gasteiger partial charge on any atom is -0.309 e. The van der Waals surface area contributed by atoms with Gasteiger partial charge in [-0.3, -0.25) is 0 Å². The van der Waals surface area contributed by atoms with Crippen LogP contribution in [-0.2, 0) is 0 Å². The molecule has 9 heteroatoms. The summed E-state index contributed by atoms with van der Waals surface area (Å²) < 4.78 is 22.6. The molecule has 6 nitrogen and oxygen atoms in total. The standard InChI is InChI=1S/3C37H24N2S/c1-23-17-19-24(20-18-23)38-29-13-5-2-10-27(29)35-31(38)21-22-32-36(35)28-11-3-6-14-30(28)39(32)33-15-8-12-26-25-9-4-7-16-34(25)40-37(26)33;1-23-14-16-24(17-15-23)38-30-11-5-2-9-27(30)36-32(38)19-20-33-37(36)28-10-3-6-12-31(28)39(33)25-18-21-35-29(22-25)26-8-4-7-13-34(26)40-35;1-23-14-16-24(17-15-23)38-30-11-5-2-9-28(30)36-32(38)20-21-33-37(36)29-10-3-6-12-31(29)39(33)25-18-19-27-26-8-4-7-13-34(26)40-35(27)22-25/h3*2-22H,1H3. The summed E-state index contributed by atoms with van der Waals surface area (Å²) in [6.45, 7) is 6.43. The Morgan fingerprint density at radius 2 is 0.417 bits per heavy atom. The molecule has 0 aliphatic rings. The summed E-state index contributed by atoms with van der Waals surface area (Å²) in [7, 11) is 0. The molecule has 0 saturated carbocycles. The van der Waals surface area contributed by atoms with Gasteiger partial charge in [-0.2, -0.15) is 0 Å². The molecule has 0 spiro atoms. The highest BCUT2D eigenvalue weighted by Crippen LogP contribution is 2.50. The van der Waals surface area contributed by atoms with Crippen LogP contribution in [-0.4, -0.2) is 27.4 Å². The molecule has 0 radical (unpaired) electrons. The highest BCUT2D eigenvalue weighted by atomic mass is 32.1. The number of aromatic nitrogens is 6. The monoisotopic (exact) mass is 1580 g/mol. The number of nitrogens with zero attached hydrogens (tertiary/aromatic N) is 6. The van der Waals surface area contributed by atoms with Gasteiger partial charge < -0.3 is 27.4 Å². The van der Waals surface area contributed by atoms with Crippen molar-refractivity contribution in [3.8, 4) is 34.1 Å². The second-order valence-electron chi connectivity index (χ2n) is 32.0. The zero-order valence-electron chi connectivity index (χ0n) is 65.8. The normalized spacial score (nSPS) is 12.1. The summed E-state index contributed by atoms with van der Waals surface area (Å²) in [6, 6.07) is 140. The Hall–Kier alpha value is -14.6. The van der Waals surface area contributed by atoms with Crippen molar-refractivity contribution in [1.82, 2.24) is 27.4 Å². The molecule has 0 saturated heterocycles. The van der Waals surface area contributed by atoms with Crippen LogP contribution in [0.15, 0.2) is 382 Å². The lowest BCUT2D eigenvalue weighted by molar-refractivity contribution is 1.17. The van der Waals surface area contributed by atoms with E-state index < -0.39 is 0 Å². The fourth-order valence-corrected chi connectivity index (χ4v) is 23.3. The summed E-state index contributed by atoms with van der Waals surface area (Å²) in [4.78, 5) is 0. The minimum atomic E-state index is 1.19. The number of aryl methyl sites for hydroxylation is 3. The second kappa shape index (κ2) is 26.7. The van der Waals surface area contributed by atoms with Crippen LogP contribution in [0.5, 0.6) is 0 Å². The summed E-state index contributed by atoms with van der Waals surface area (Å²) in [6.07, 6.45) is 0. The van der Waals surface area contributed by atoms with Gasteiger partial charge in [-0.05, 0) is 185 Å². The van der Waals surface area contributed by atoms with E-state index in [2.05, 4.69) is 430 Å². The molecule has 0 N–H and O–H groups in total. The van der Waals surface area contributed by atoms with Crippen LogP contribution in [0, 0.1) is 20.8 Å². The van der Waals surface area contributed by atoms with Gasteiger partial charge in [0.05, 0.1) is 76.6 Å². The SMILES string of the molecule is Cc1ccc(-n2c3ccccc3c3c4c5ccccc5n(-c5ccc6c(c5)sc5ccccc56)c4ccc32)cc1.Cc1ccc(-n2c3ccccc3c3c4c5ccccc5n(-c5ccc6sc7ccccc7c6c5)c4ccc32)cc1.Cc1ccc(-n2c3ccccc3c3c4c5ccccc5n(-c5cccc6c5sc5ccccc56)c4ccc32)cc1. The van der Waals surface area contributed by atoms with E-state index in [4.69, 9.17) is 0 Å². The lowest BCUT2D eigenvalue weighted by Gasteiger charge is -2.10. The van der Waals surface area contributed by atoms with Crippen LogP contribution < -0.4 is 0 Å². The Labute approximate surface area is 701 Å². The van der Waals surface area contributed by atoms with E-state index in [0.29, 0.717) is 0 Å². The summed E-state index contributed by atoms with van der Waals surface area (Å²) in [5.41, 5.74) is 25.8. The maximum absolute atomic E-state index is 2.49. The molecule has 9 aromatic heterocycles. The topological polar surface area (TPSA) is 29.6 Å². The first-order valence-electron chi connectivity index (χ1n) is 41.1. The minimum absolute atomic E-state index is 1.19. The van der Waals surface area contributed by atoms with Crippen LogP contribution in [0.25, 0.3) is 225 Å². The number of hydrogen-bond acceptors (Lipinski definition) is 3. The van der Waals surface area contributed by atoms with Gasteiger partial charge in [-0.1, -0.05) is 235 Å². The Morgan fingerprint density at radius 3 is 0.808 bits per heavy atom. The molecule has 18 aromatic carbocycles. The van der Waals surface area contributed by atoms with Crippen LogP contribution in [0.2, 0.25) is 0 Å². The van der Waals surface area contributed by atoms with Crippen molar-refractivity contribution in [2.75, 3.05) is 0 Å². The van der Waals surface area contributed by atoms with Crippen LogP contribution in [0.3, 0.4) is 0 Å². The van der Waals surface area contributed by atoms with E-state index in [1.165, 1.54) is 242 Å². The molecule has 9 heterocycles. The summed E-state index contributed by atoms with van der Waals surface area (Å²) >= 11 is 5.63. The summed E-state index contributed by atoms with van der Waals surface area (Å²) in [5, 5.41) is 23.5. The van der Waals surface area contributed by atoms with Gasteiger partial charge in [0.25, 0.3) is 0 Å². The molecular formula is C111H72N6S3. The van der Waals surface area contributed by atoms with Crippen molar-refractivity contribution in [2.24, 2.45) is 0 Å². The first-order chi connectivity index (χ1) is 59.3. The zero-order valence-corrected chi connectivity index (χ0v) is 68.2. The molecule has 0 unspecified atom stereocenters. The number of rotatable bonds is 6. The van der Waals surface area contributed by atoms with Gasteiger partial charge in [0.15, 0.2) is 0 Å². The van der Waals surface area contributed by atoms with E-state index in [0.717, 1.165) is 0 Å². The maximum Gasteiger partial charge on any atom is 0.0640 e. The number of fused-ring (bicyclic) bond motifs is 30. The Morgan fingerprint density at radius 1 is 0.158 bits per heavy atom. The molecule has 0 fully saturated rings. The number of hydrogen-bond donors (Lipinski definition) is 0. The van der Waals surface area contributed by atoms with E-state index in [9.17, 15) is 0 Å². The first kappa shape index (κ1) is 68.6. The lowest BCUT2D eigenvalue weighted by atomic mass is 10.1. The number of thiophene rings is 3. The highest BCUT2D eigenvalue weighted by molar-refractivity contribution is 7.26. The Balaban J connectivity index is 0.0000000997. The maximum atomic E-state index is 2.49. The van der Waals surface area contributed by atoms with Gasteiger partial charge in [0, 0.05) is 149 Å². The molecule has 27 aromatic rings. The smallest absolute Gasteiger partial charge is 0.0640 e. The van der Waals surface area contributed by atoms with Gasteiger partial charge in [0.2, 0.25) is 0 Å². The molecule has 0 bridgehead atoms. The van der Waals surface area contributed by atoms with Crippen LogP contribution >= 0.6 is 34.0 Å². The van der Waals surface area contributed by atoms with Gasteiger partial charge >= 0.3 is 0 Å². The summed E-state index contributed by atoms with van der Waals surface area (Å²) in [5.74, 6) is 0. The third kappa shape index (κ3) is 10.2. The zero-order chi connectivity index (χ0) is 79.1. The fraction of sp³-hybridized carbons (Fsp3) is 0.0270. The molecule has 120 heavy (non-hydrogen) atoms. The average molecular weight is 1590 g/mol. The van der Waals surface area contributed by atoms with Crippen LogP contribution in [0.4, 0.5) is 0 Å². The van der Waals surface area contributed by atoms with Crippen molar-refractivity contribution in [3.63, 3.8) is 0 Å². The van der Waals surface area contributed by atoms with Crippen molar-refractivity contribution >= 4 is 225 Å². The van der Waals surface area contributed by atoms with Crippen molar-refractivity contribution in [1.29, 1.82) is 0 Å².